The molecule has 0 heterocycles. The molecule has 154 valence electrons. The van der Waals surface area contributed by atoms with E-state index < -0.39 is 0 Å². The van der Waals surface area contributed by atoms with Crippen LogP contribution >= 0.6 is 11.8 Å². The SMILES string of the molecule is COc1ccc(C(SCCO)c2cc(C(C)(C)C)c(O)c(C(C)(C)C)c2)cc1. The molecule has 0 amide bonds. The maximum Gasteiger partial charge on any atom is 0.123 e. The number of aliphatic hydroxyl groups excluding tert-OH is 1. The standard InChI is InChI=1S/C24H34O3S/c1-23(2,3)19-14-17(15-20(21(19)26)24(4,5)6)22(28-13-12-25)16-8-10-18(27-7)11-9-16/h8-11,14-15,22,25-26H,12-13H2,1-7H3. The second-order valence-electron chi connectivity index (χ2n) is 9.21. The van der Waals surface area contributed by atoms with E-state index in [0.29, 0.717) is 11.5 Å². The van der Waals surface area contributed by atoms with Crippen LogP contribution in [0.4, 0.5) is 0 Å². The van der Waals surface area contributed by atoms with Crippen LogP contribution in [0, 0.1) is 0 Å². The molecule has 0 aliphatic heterocycles. The summed E-state index contributed by atoms with van der Waals surface area (Å²) in [4.78, 5) is 0. The minimum absolute atomic E-state index is 0.0702. The zero-order valence-electron chi connectivity index (χ0n) is 18.2. The lowest BCUT2D eigenvalue weighted by atomic mass is 9.78. The summed E-state index contributed by atoms with van der Waals surface area (Å²) in [7, 11) is 1.66. The summed E-state index contributed by atoms with van der Waals surface area (Å²) >= 11 is 1.71. The van der Waals surface area contributed by atoms with E-state index >= 15 is 0 Å². The monoisotopic (exact) mass is 402 g/mol. The van der Waals surface area contributed by atoms with Gasteiger partial charge in [0.25, 0.3) is 0 Å². The van der Waals surface area contributed by atoms with Gasteiger partial charge in [-0.3, -0.25) is 0 Å². The van der Waals surface area contributed by atoms with Gasteiger partial charge in [0, 0.05) is 5.75 Å². The second-order valence-corrected chi connectivity index (χ2v) is 10.4. The van der Waals surface area contributed by atoms with Gasteiger partial charge in [-0.25, -0.2) is 0 Å². The van der Waals surface area contributed by atoms with E-state index in [1.807, 2.05) is 12.1 Å². The number of phenolic OH excluding ortho intramolecular Hbond substituents is 1. The average Bonchev–Trinajstić information content (AvgIpc) is 2.61. The highest BCUT2D eigenvalue weighted by atomic mass is 32.2. The molecular formula is C24H34O3S. The topological polar surface area (TPSA) is 49.7 Å². The lowest BCUT2D eigenvalue weighted by Gasteiger charge is -2.30. The highest BCUT2D eigenvalue weighted by Crippen LogP contribution is 2.44. The van der Waals surface area contributed by atoms with Gasteiger partial charge in [-0.1, -0.05) is 65.8 Å². The van der Waals surface area contributed by atoms with Gasteiger partial charge in [-0.05, 0) is 45.2 Å². The second kappa shape index (κ2) is 8.79. The molecule has 0 aliphatic rings. The van der Waals surface area contributed by atoms with Gasteiger partial charge >= 0.3 is 0 Å². The van der Waals surface area contributed by atoms with E-state index in [0.717, 1.165) is 28.0 Å². The highest BCUT2D eigenvalue weighted by molar-refractivity contribution is 7.99. The van der Waals surface area contributed by atoms with Crippen molar-refractivity contribution in [1.29, 1.82) is 0 Å². The minimum atomic E-state index is -0.174. The van der Waals surface area contributed by atoms with Crippen LogP contribution in [0.25, 0.3) is 0 Å². The first-order valence-electron chi connectivity index (χ1n) is 9.73. The number of hydrogen-bond acceptors (Lipinski definition) is 4. The van der Waals surface area contributed by atoms with Crippen molar-refractivity contribution in [3.05, 3.63) is 58.7 Å². The molecule has 0 radical (unpaired) electrons. The fraction of sp³-hybridized carbons (Fsp3) is 0.500. The Morgan fingerprint density at radius 2 is 1.39 bits per heavy atom. The van der Waals surface area contributed by atoms with Crippen LogP contribution in [0.15, 0.2) is 36.4 Å². The molecule has 0 bridgehead atoms. The van der Waals surface area contributed by atoms with Gasteiger partial charge in [-0.15, -0.1) is 11.8 Å². The Morgan fingerprint density at radius 3 is 1.79 bits per heavy atom. The summed E-state index contributed by atoms with van der Waals surface area (Å²) in [6, 6.07) is 12.4. The lowest BCUT2D eigenvalue weighted by Crippen LogP contribution is -2.18. The van der Waals surface area contributed by atoms with Crippen molar-refractivity contribution in [3.8, 4) is 11.5 Å². The molecular weight excluding hydrogens is 368 g/mol. The van der Waals surface area contributed by atoms with Gasteiger partial charge in [0.15, 0.2) is 0 Å². The molecule has 3 nitrogen and oxygen atoms in total. The van der Waals surface area contributed by atoms with Crippen molar-refractivity contribution in [2.24, 2.45) is 0 Å². The Kier molecular flexibility index (Phi) is 7.11. The van der Waals surface area contributed by atoms with Crippen LogP contribution < -0.4 is 4.74 Å². The van der Waals surface area contributed by atoms with Crippen LogP contribution in [-0.2, 0) is 10.8 Å². The maximum atomic E-state index is 11.0. The first-order chi connectivity index (χ1) is 13.0. The summed E-state index contributed by atoms with van der Waals surface area (Å²) in [5.74, 6) is 1.86. The highest BCUT2D eigenvalue weighted by Gasteiger charge is 2.28. The third kappa shape index (κ3) is 5.24. The maximum absolute atomic E-state index is 11.0. The van der Waals surface area contributed by atoms with Gasteiger partial charge in [0.1, 0.15) is 11.5 Å². The van der Waals surface area contributed by atoms with Gasteiger partial charge in [0.05, 0.1) is 19.0 Å². The van der Waals surface area contributed by atoms with Crippen molar-refractivity contribution < 1.29 is 14.9 Å². The summed E-state index contributed by atoms with van der Waals surface area (Å²) < 4.78 is 5.30. The third-order valence-corrected chi connectivity index (χ3v) is 6.14. The minimum Gasteiger partial charge on any atom is -0.507 e. The molecule has 4 heteroatoms. The predicted octanol–water partition coefficient (Wildman–Crippen LogP) is 5.81. The zero-order chi connectivity index (χ0) is 21.1. The van der Waals surface area contributed by atoms with Crippen molar-refractivity contribution in [3.63, 3.8) is 0 Å². The Labute approximate surface area is 174 Å². The summed E-state index contributed by atoms with van der Waals surface area (Å²) in [5, 5.41) is 20.5. The predicted molar refractivity (Wildman–Crippen MR) is 120 cm³/mol. The molecule has 0 fully saturated rings. The van der Waals surface area contributed by atoms with E-state index in [2.05, 4.69) is 65.8 Å². The van der Waals surface area contributed by atoms with E-state index in [9.17, 15) is 10.2 Å². The summed E-state index contributed by atoms with van der Waals surface area (Å²) in [5.41, 5.74) is 3.87. The molecule has 2 rings (SSSR count). The fourth-order valence-electron chi connectivity index (χ4n) is 3.29. The van der Waals surface area contributed by atoms with Crippen LogP contribution in [0.3, 0.4) is 0 Å². The molecule has 0 spiro atoms. The first kappa shape index (κ1) is 22.6. The number of hydrogen-bond donors (Lipinski definition) is 2. The molecule has 1 atom stereocenters. The lowest BCUT2D eigenvalue weighted by molar-refractivity contribution is 0.322. The van der Waals surface area contributed by atoms with Crippen LogP contribution in [0.5, 0.6) is 11.5 Å². The normalized spacial score (nSPS) is 13.4. The van der Waals surface area contributed by atoms with Gasteiger partial charge in [0.2, 0.25) is 0 Å². The number of aliphatic hydroxyl groups is 1. The fourth-order valence-corrected chi connectivity index (χ4v) is 4.30. The number of aromatic hydroxyl groups is 1. The van der Waals surface area contributed by atoms with E-state index in [1.54, 1.807) is 18.9 Å². The molecule has 0 aromatic heterocycles. The van der Waals surface area contributed by atoms with Crippen molar-refractivity contribution in [2.75, 3.05) is 19.5 Å². The van der Waals surface area contributed by atoms with E-state index in [1.165, 1.54) is 0 Å². The molecule has 2 aromatic carbocycles. The quantitative estimate of drug-likeness (QED) is 0.640. The number of thioether (sulfide) groups is 1. The van der Waals surface area contributed by atoms with Crippen molar-refractivity contribution >= 4 is 11.8 Å². The van der Waals surface area contributed by atoms with Crippen LogP contribution in [0.1, 0.15) is 69.0 Å². The van der Waals surface area contributed by atoms with Crippen molar-refractivity contribution in [1.82, 2.24) is 0 Å². The largest absolute Gasteiger partial charge is 0.507 e. The summed E-state index contributed by atoms with van der Waals surface area (Å²) in [6.07, 6.45) is 0. The molecule has 1 unspecified atom stereocenters. The Bertz CT molecular complexity index is 748. The van der Waals surface area contributed by atoms with E-state index in [-0.39, 0.29) is 22.7 Å². The number of phenols is 1. The Morgan fingerprint density at radius 1 is 0.893 bits per heavy atom. The molecule has 2 aromatic rings. The van der Waals surface area contributed by atoms with Crippen molar-refractivity contribution in [2.45, 2.75) is 57.6 Å². The van der Waals surface area contributed by atoms with E-state index in [4.69, 9.17) is 4.74 Å². The Balaban J connectivity index is 2.66. The Hall–Kier alpha value is -1.65. The van der Waals surface area contributed by atoms with Crippen LogP contribution in [-0.4, -0.2) is 29.7 Å². The summed E-state index contributed by atoms with van der Waals surface area (Å²) in [6.45, 7) is 12.9. The van der Waals surface area contributed by atoms with Gasteiger partial charge < -0.3 is 14.9 Å². The molecule has 0 saturated carbocycles. The third-order valence-electron chi connectivity index (χ3n) is 4.85. The number of rotatable bonds is 6. The smallest absolute Gasteiger partial charge is 0.123 e. The number of ether oxygens (including phenoxy) is 1. The molecule has 0 saturated heterocycles. The number of benzene rings is 2. The van der Waals surface area contributed by atoms with Crippen LogP contribution in [0.2, 0.25) is 0 Å². The first-order valence-corrected chi connectivity index (χ1v) is 10.8. The zero-order valence-corrected chi connectivity index (χ0v) is 19.0. The molecule has 0 aliphatic carbocycles. The molecule has 28 heavy (non-hydrogen) atoms. The van der Waals surface area contributed by atoms with Gasteiger partial charge in [-0.2, -0.15) is 0 Å². The number of methoxy groups -OCH3 is 1. The molecule has 2 N–H and O–H groups in total. The average molecular weight is 403 g/mol.